The molecule has 0 unspecified atom stereocenters. The summed E-state index contributed by atoms with van der Waals surface area (Å²) in [5, 5.41) is 0. The molecule has 0 aliphatic carbocycles. The highest BCUT2D eigenvalue weighted by Gasteiger charge is 2.23. The van der Waals surface area contributed by atoms with Crippen molar-refractivity contribution < 1.29 is 9.53 Å². The van der Waals surface area contributed by atoms with Crippen LogP contribution in [0.1, 0.15) is 16.8 Å². The van der Waals surface area contributed by atoms with Crippen LogP contribution in [0.5, 0.6) is 5.75 Å². The third-order valence-electron chi connectivity index (χ3n) is 2.55. The minimum atomic E-state index is 0.133. The smallest absolute Gasteiger partial charge is 0.254 e. The molecule has 1 heterocycles. The Kier molecular flexibility index (Phi) is 3.14. The van der Waals surface area contributed by atoms with E-state index in [-0.39, 0.29) is 5.91 Å². The molecule has 0 spiro atoms. The van der Waals surface area contributed by atoms with Crippen LogP contribution < -0.4 is 4.74 Å². The van der Waals surface area contributed by atoms with Gasteiger partial charge >= 0.3 is 0 Å². The lowest BCUT2D eigenvalue weighted by Crippen LogP contribution is -2.42. The molecular formula is C11H12INO2. The zero-order chi connectivity index (χ0) is 10.8. The van der Waals surface area contributed by atoms with E-state index in [1.165, 1.54) is 0 Å². The zero-order valence-corrected chi connectivity index (χ0v) is 10.7. The van der Waals surface area contributed by atoms with Crippen molar-refractivity contribution in [3.63, 3.8) is 0 Å². The highest BCUT2D eigenvalue weighted by molar-refractivity contribution is 14.1. The van der Waals surface area contributed by atoms with Gasteiger partial charge in [-0.1, -0.05) is 0 Å². The first kappa shape index (κ1) is 10.7. The average molecular weight is 317 g/mol. The maximum Gasteiger partial charge on any atom is 0.254 e. The Balaban J connectivity index is 2.24. The number of rotatable bonds is 2. The minimum Gasteiger partial charge on any atom is -0.497 e. The van der Waals surface area contributed by atoms with Crippen LogP contribution in [0.15, 0.2) is 18.2 Å². The number of methoxy groups -OCH3 is 1. The van der Waals surface area contributed by atoms with Crippen molar-refractivity contribution in [3.8, 4) is 5.75 Å². The van der Waals surface area contributed by atoms with Crippen molar-refractivity contribution in [1.82, 2.24) is 4.90 Å². The van der Waals surface area contributed by atoms with Crippen LogP contribution in [0.2, 0.25) is 0 Å². The number of nitrogens with zero attached hydrogens (tertiary/aromatic N) is 1. The first-order valence-corrected chi connectivity index (χ1v) is 5.93. The molecule has 1 aromatic carbocycles. The molecule has 0 N–H and O–H groups in total. The molecule has 0 atom stereocenters. The molecule has 2 rings (SSSR count). The Morgan fingerprint density at radius 1 is 1.47 bits per heavy atom. The maximum atomic E-state index is 11.9. The Bertz CT molecular complexity index is 388. The van der Waals surface area contributed by atoms with Gasteiger partial charge in [0, 0.05) is 16.7 Å². The van der Waals surface area contributed by atoms with Gasteiger partial charge in [-0.2, -0.15) is 0 Å². The topological polar surface area (TPSA) is 29.5 Å². The van der Waals surface area contributed by atoms with Crippen molar-refractivity contribution in [2.45, 2.75) is 6.42 Å². The predicted octanol–water partition coefficient (Wildman–Crippen LogP) is 2.15. The highest BCUT2D eigenvalue weighted by atomic mass is 127. The fourth-order valence-corrected chi connectivity index (χ4v) is 2.20. The lowest BCUT2D eigenvalue weighted by Gasteiger charge is -2.31. The normalized spacial score (nSPS) is 14.7. The summed E-state index contributed by atoms with van der Waals surface area (Å²) in [5.74, 6) is 0.924. The molecule has 0 radical (unpaired) electrons. The van der Waals surface area contributed by atoms with E-state index in [0.717, 1.165) is 34.4 Å². The van der Waals surface area contributed by atoms with Crippen molar-refractivity contribution in [2.75, 3.05) is 20.2 Å². The van der Waals surface area contributed by atoms with Crippen LogP contribution in [-0.2, 0) is 0 Å². The first-order chi connectivity index (χ1) is 7.22. The number of amides is 1. The van der Waals surface area contributed by atoms with Crippen molar-refractivity contribution >= 4 is 28.5 Å². The molecule has 4 heteroatoms. The Morgan fingerprint density at radius 2 is 2.20 bits per heavy atom. The number of carbonyl (C=O) groups excluding carboxylic acids is 1. The number of halogens is 1. The van der Waals surface area contributed by atoms with E-state index in [1.54, 1.807) is 7.11 Å². The molecule has 0 saturated carbocycles. The van der Waals surface area contributed by atoms with Gasteiger partial charge in [-0.25, -0.2) is 0 Å². The standard InChI is InChI=1S/C11H12INO2/c1-15-8-3-4-9(10(12)7-8)11(14)13-5-2-6-13/h3-4,7H,2,5-6H2,1H3. The predicted molar refractivity (Wildman–Crippen MR) is 66.2 cm³/mol. The summed E-state index contributed by atoms with van der Waals surface area (Å²) in [6.07, 6.45) is 1.12. The van der Waals surface area contributed by atoms with E-state index in [9.17, 15) is 4.79 Å². The molecule has 15 heavy (non-hydrogen) atoms. The molecule has 1 saturated heterocycles. The van der Waals surface area contributed by atoms with Gasteiger partial charge in [0.15, 0.2) is 0 Å². The highest BCUT2D eigenvalue weighted by Crippen LogP contribution is 2.22. The SMILES string of the molecule is COc1ccc(C(=O)N2CCC2)c(I)c1. The zero-order valence-electron chi connectivity index (χ0n) is 8.50. The summed E-state index contributed by atoms with van der Waals surface area (Å²) < 4.78 is 6.05. The molecule has 1 aliphatic heterocycles. The van der Waals surface area contributed by atoms with Crippen molar-refractivity contribution in [3.05, 3.63) is 27.3 Å². The fourth-order valence-electron chi connectivity index (χ4n) is 1.49. The van der Waals surface area contributed by atoms with Gasteiger partial charge in [-0.15, -0.1) is 0 Å². The van der Waals surface area contributed by atoms with Gasteiger partial charge in [0.25, 0.3) is 5.91 Å². The Labute approximate surface area is 103 Å². The average Bonchev–Trinajstić information content (AvgIpc) is 2.14. The summed E-state index contributed by atoms with van der Waals surface area (Å²) in [6, 6.07) is 5.55. The van der Waals surface area contributed by atoms with Crippen LogP contribution in [0.4, 0.5) is 0 Å². The van der Waals surface area contributed by atoms with Crippen LogP contribution in [-0.4, -0.2) is 31.0 Å². The minimum absolute atomic E-state index is 0.133. The van der Waals surface area contributed by atoms with Crippen LogP contribution in [0.3, 0.4) is 0 Å². The molecule has 1 aromatic rings. The summed E-state index contributed by atoms with van der Waals surface area (Å²) in [6.45, 7) is 1.78. The van der Waals surface area contributed by atoms with E-state index >= 15 is 0 Å². The second kappa shape index (κ2) is 4.38. The monoisotopic (exact) mass is 317 g/mol. The molecular weight excluding hydrogens is 305 g/mol. The number of hydrogen-bond donors (Lipinski definition) is 0. The molecule has 1 fully saturated rings. The third-order valence-corrected chi connectivity index (χ3v) is 3.44. The van der Waals surface area contributed by atoms with Crippen LogP contribution >= 0.6 is 22.6 Å². The molecule has 1 amide bonds. The number of benzene rings is 1. The van der Waals surface area contributed by atoms with Gasteiger partial charge in [0.2, 0.25) is 0 Å². The fraction of sp³-hybridized carbons (Fsp3) is 0.364. The van der Waals surface area contributed by atoms with Crippen molar-refractivity contribution in [1.29, 1.82) is 0 Å². The van der Waals surface area contributed by atoms with Crippen LogP contribution in [0.25, 0.3) is 0 Å². The van der Waals surface area contributed by atoms with E-state index in [1.807, 2.05) is 23.1 Å². The lowest BCUT2D eigenvalue weighted by atomic mass is 10.1. The number of carbonyl (C=O) groups is 1. The molecule has 3 nitrogen and oxygen atoms in total. The Hall–Kier alpha value is -0.780. The summed E-state index contributed by atoms with van der Waals surface area (Å²) in [5.41, 5.74) is 0.774. The van der Waals surface area contributed by atoms with Crippen molar-refractivity contribution in [2.24, 2.45) is 0 Å². The van der Waals surface area contributed by atoms with E-state index in [0.29, 0.717) is 0 Å². The largest absolute Gasteiger partial charge is 0.497 e. The summed E-state index contributed by atoms with van der Waals surface area (Å²) >= 11 is 2.17. The summed E-state index contributed by atoms with van der Waals surface area (Å²) in [4.78, 5) is 13.8. The van der Waals surface area contributed by atoms with Gasteiger partial charge in [-0.3, -0.25) is 4.79 Å². The number of likely N-dealkylation sites (tertiary alicyclic amines) is 1. The van der Waals surface area contributed by atoms with Gasteiger partial charge in [0.1, 0.15) is 5.75 Å². The maximum absolute atomic E-state index is 11.9. The first-order valence-electron chi connectivity index (χ1n) is 4.85. The molecule has 0 bridgehead atoms. The third kappa shape index (κ3) is 2.09. The summed E-state index contributed by atoms with van der Waals surface area (Å²) in [7, 11) is 1.63. The van der Waals surface area contributed by atoms with Crippen LogP contribution in [0, 0.1) is 3.57 Å². The Morgan fingerprint density at radius 3 is 2.67 bits per heavy atom. The lowest BCUT2D eigenvalue weighted by molar-refractivity contribution is 0.0650. The second-order valence-electron chi connectivity index (χ2n) is 3.49. The van der Waals surface area contributed by atoms with E-state index < -0.39 is 0 Å². The van der Waals surface area contributed by atoms with Gasteiger partial charge in [-0.05, 0) is 47.2 Å². The molecule has 80 valence electrons. The molecule has 0 aromatic heterocycles. The van der Waals surface area contributed by atoms with Gasteiger partial charge in [0.05, 0.1) is 12.7 Å². The van der Waals surface area contributed by atoms with E-state index in [4.69, 9.17) is 4.74 Å². The van der Waals surface area contributed by atoms with E-state index in [2.05, 4.69) is 22.6 Å². The van der Waals surface area contributed by atoms with Gasteiger partial charge < -0.3 is 9.64 Å². The quantitative estimate of drug-likeness (QED) is 0.782. The molecule has 1 aliphatic rings. The number of ether oxygens (including phenoxy) is 1. The number of hydrogen-bond acceptors (Lipinski definition) is 2. The second-order valence-corrected chi connectivity index (χ2v) is 4.65.